The minimum absolute atomic E-state index is 0. The van der Waals surface area contributed by atoms with E-state index in [2.05, 4.69) is 41.4 Å². The molecule has 160 valence electrons. The third-order valence-corrected chi connectivity index (χ3v) is 4.22. The Labute approximate surface area is 190 Å². The van der Waals surface area contributed by atoms with Gasteiger partial charge in [-0.25, -0.2) is 9.98 Å². The molecule has 0 aliphatic heterocycles. The molecule has 2 rings (SSSR count). The first kappa shape index (κ1) is 24.9. The molecule has 0 aliphatic carbocycles. The number of aromatic nitrogens is 1. The fraction of sp³-hybridized carbons (Fsp3) is 0.476. The third kappa shape index (κ3) is 8.04. The van der Waals surface area contributed by atoms with Crippen LogP contribution >= 0.6 is 24.0 Å². The minimum Gasteiger partial charge on any atom is -0.443 e. The number of carbonyl (C=O) groups is 1. The molecule has 0 saturated heterocycles. The maximum atomic E-state index is 11.9. The van der Waals surface area contributed by atoms with Crippen molar-refractivity contribution in [2.75, 3.05) is 20.6 Å². The molecule has 8 heteroatoms. The SMILES string of the molecule is CC(NC(=NCC(=O)N(C)C)NCc1ncc(C(C)(C)C)o1)c1ccccc1.I. The van der Waals surface area contributed by atoms with Crippen molar-refractivity contribution in [2.24, 2.45) is 4.99 Å². The highest BCUT2D eigenvalue weighted by atomic mass is 127. The molecule has 7 nitrogen and oxygen atoms in total. The summed E-state index contributed by atoms with van der Waals surface area (Å²) in [6, 6.07) is 10.1. The average molecular weight is 513 g/mol. The average Bonchev–Trinajstić information content (AvgIpc) is 3.13. The molecule has 1 atom stereocenters. The van der Waals surface area contributed by atoms with Crippen molar-refractivity contribution in [1.29, 1.82) is 0 Å². The van der Waals surface area contributed by atoms with Gasteiger partial charge in [0, 0.05) is 19.5 Å². The number of aliphatic imine (C=N–C) groups is 1. The summed E-state index contributed by atoms with van der Waals surface area (Å²) >= 11 is 0. The van der Waals surface area contributed by atoms with Crippen LogP contribution in [0.3, 0.4) is 0 Å². The minimum atomic E-state index is -0.0969. The van der Waals surface area contributed by atoms with Crippen LogP contribution in [0.2, 0.25) is 0 Å². The van der Waals surface area contributed by atoms with Crippen molar-refractivity contribution in [3.63, 3.8) is 0 Å². The Kier molecular flexibility index (Phi) is 9.61. The monoisotopic (exact) mass is 513 g/mol. The van der Waals surface area contributed by atoms with E-state index in [1.165, 1.54) is 4.90 Å². The van der Waals surface area contributed by atoms with Crippen LogP contribution in [-0.4, -0.2) is 42.4 Å². The Morgan fingerprint density at radius 2 is 1.90 bits per heavy atom. The summed E-state index contributed by atoms with van der Waals surface area (Å²) in [6.07, 6.45) is 1.75. The van der Waals surface area contributed by atoms with Gasteiger partial charge in [0.15, 0.2) is 5.96 Å². The molecule has 0 radical (unpaired) electrons. The number of halogens is 1. The number of likely N-dealkylation sites (N-methyl/N-ethyl adjacent to an activating group) is 1. The van der Waals surface area contributed by atoms with Crippen LogP contribution in [-0.2, 0) is 16.8 Å². The number of amides is 1. The number of guanidine groups is 1. The highest BCUT2D eigenvalue weighted by molar-refractivity contribution is 14.0. The molecule has 0 spiro atoms. The zero-order valence-corrected chi connectivity index (χ0v) is 20.4. The van der Waals surface area contributed by atoms with E-state index in [1.54, 1.807) is 20.3 Å². The van der Waals surface area contributed by atoms with Gasteiger partial charge in [0.2, 0.25) is 11.8 Å². The molecule has 29 heavy (non-hydrogen) atoms. The van der Waals surface area contributed by atoms with Gasteiger partial charge in [0.1, 0.15) is 12.3 Å². The van der Waals surface area contributed by atoms with Crippen LogP contribution in [0.25, 0.3) is 0 Å². The van der Waals surface area contributed by atoms with Crippen molar-refractivity contribution < 1.29 is 9.21 Å². The second kappa shape index (κ2) is 11.2. The molecule has 1 amide bonds. The summed E-state index contributed by atoms with van der Waals surface area (Å²) in [6.45, 7) is 8.71. The molecule has 0 aliphatic rings. The highest BCUT2D eigenvalue weighted by Gasteiger charge is 2.19. The Hall–Kier alpha value is -2.10. The lowest BCUT2D eigenvalue weighted by atomic mass is 9.94. The Bertz CT molecular complexity index is 797. The second-order valence-electron chi connectivity index (χ2n) is 7.95. The van der Waals surface area contributed by atoms with E-state index in [0.717, 1.165) is 11.3 Å². The molecule has 1 aromatic carbocycles. The predicted octanol–water partition coefficient (Wildman–Crippen LogP) is 3.47. The fourth-order valence-electron chi connectivity index (χ4n) is 2.37. The summed E-state index contributed by atoms with van der Waals surface area (Å²) in [5.41, 5.74) is 1.03. The van der Waals surface area contributed by atoms with Gasteiger partial charge in [0.05, 0.1) is 18.8 Å². The molecular formula is C21H32IN5O2. The quantitative estimate of drug-likeness (QED) is 0.351. The smallest absolute Gasteiger partial charge is 0.243 e. The highest BCUT2D eigenvalue weighted by Crippen LogP contribution is 2.22. The number of nitrogens with one attached hydrogen (secondary N) is 2. The van der Waals surface area contributed by atoms with Gasteiger partial charge in [-0.2, -0.15) is 0 Å². The lowest BCUT2D eigenvalue weighted by molar-refractivity contribution is -0.127. The molecule has 1 unspecified atom stereocenters. The van der Waals surface area contributed by atoms with E-state index in [-0.39, 0.29) is 47.9 Å². The number of hydrogen-bond acceptors (Lipinski definition) is 4. The van der Waals surface area contributed by atoms with E-state index < -0.39 is 0 Å². The third-order valence-electron chi connectivity index (χ3n) is 4.22. The van der Waals surface area contributed by atoms with Crippen molar-refractivity contribution in [3.05, 3.63) is 53.7 Å². The van der Waals surface area contributed by atoms with Gasteiger partial charge in [-0.1, -0.05) is 51.1 Å². The van der Waals surface area contributed by atoms with Crippen molar-refractivity contribution in [1.82, 2.24) is 20.5 Å². The first-order valence-electron chi connectivity index (χ1n) is 9.42. The first-order valence-corrected chi connectivity index (χ1v) is 9.42. The van der Waals surface area contributed by atoms with E-state index in [1.807, 2.05) is 37.3 Å². The number of hydrogen-bond donors (Lipinski definition) is 2. The number of carbonyl (C=O) groups excluding carboxylic acids is 1. The molecule has 0 saturated carbocycles. The predicted molar refractivity (Wildman–Crippen MR) is 126 cm³/mol. The Morgan fingerprint density at radius 1 is 1.24 bits per heavy atom. The standard InChI is InChI=1S/C21H31N5O2.HI/c1-15(16-10-8-7-9-11-16)25-20(24-14-19(27)26(5)6)23-13-18-22-12-17(28-18)21(2,3)4;/h7-12,15H,13-14H2,1-6H3,(H2,23,24,25);1H. The van der Waals surface area contributed by atoms with Crippen molar-refractivity contribution in [2.45, 2.75) is 45.7 Å². The van der Waals surface area contributed by atoms with Crippen LogP contribution in [0.15, 0.2) is 45.9 Å². The zero-order chi connectivity index (χ0) is 20.7. The van der Waals surface area contributed by atoms with Gasteiger partial charge < -0.3 is 20.0 Å². The zero-order valence-electron chi connectivity index (χ0n) is 18.0. The molecule has 2 aromatic rings. The lowest BCUT2D eigenvalue weighted by Gasteiger charge is -2.18. The van der Waals surface area contributed by atoms with Gasteiger partial charge in [-0.3, -0.25) is 4.79 Å². The molecular weight excluding hydrogens is 481 g/mol. The molecule has 1 heterocycles. The van der Waals surface area contributed by atoms with E-state index in [0.29, 0.717) is 18.4 Å². The van der Waals surface area contributed by atoms with Crippen molar-refractivity contribution >= 4 is 35.8 Å². The first-order chi connectivity index (χ1) is 13.2. The Morgan fingerprint density at radius 3 is 2.45 bits per heavy atom. The van der Waals surface area contributed by atoms with Gasteiger partial charge in [-0.15, -0.1) is 24.0 Å². The van der Waals surface area contributed by atoms with E-state index in [4.69, 9.17) is 4.42 Å². The summed E-state index contributed by atoms with van der Waals surface area (Å²) in [7, 11) is 3.43. The molecule has 2 N–H and O–H groups in total. The van der Waals surface area contributed by atoms with E-state index >= 15 is 0 Å². The number of benzene rings is 1. The van der Waals surface area contributed by atoms with Crippen LogP contribution in [0.4, 0.5) is 0 Å². The fourth-order valence-corrected chi connectivity index (χ4v) is 2.37. The van der Waals surface area contributed by atoms with Gasteiger partial charge in [0.25, 0.3) is 0 Å². The number of oxazole rings is 1. The summed E-state index contributed by atoms with van der Waals surface area (Å²) in [4.78, 5) is 22.2. The number of rotatable bonds is 6. The van der Waals surface area contributed by atoms with Crippen LogP contribution in [0.5, 0.6) is 0 Å². The van der Waals surface area contributed by atoms with Crippen LogP contribution < -0.4 is 10.6 Å². The number of nitrogens with zero attached hydrogens (tertiary/aromatic N) is 3. The summed E-state index contributed by atoms with van der Waals surface area (Å²) in [5, 5.41) is 6.54. The van der Waals surface area contributed by atoms with Gasteiger partial charge >= 0.3 is 0 Å². The van der Waals surface area contributed by atoms with Crippen LogP contribution in [0.1, 0.15) is 51.0 Å². The Balaban J connectivity index is 0.00000420. The molecule has 0 fully saturated rings. The van der Waals surface area contributed by atoms with E-state index in [9.17, 15) is 4.79 Å². The molecule has 0 bridgehead atoms. The maximum absolute atomic E-state index is 11.9. The second-order valence-corrected chi connectivity index (χ2v) is 7.95. The molecule has 1 aromatic heterocycles. The lowest BCUT2D eigenvalue weighted by Crippen LogP contribution is -2.39. The largest absolute Gasteiger partial charge is 0.443 e. The van der Waals surface area contributed by atoms with Crippen molar-refractivity contribution in [3.8, 4) is 0 Å². The summed E-state index contributed by atoms with van der Waals surface area (Å²) < 4.78 is 5.82. The van der Waals surface area contributed by atoms with Gasteiger partial charge in [-0.05, 0) is 12.5 Å². The maximum Gasteiger partial charge on any atom is 0.243 e. The topological polar surface area (TPSA) is 82.8 Å². The summed E-state index contributed by atoms with van der Waals surface area (Å²) in [5.74, 6) is 1.86. The normalized spacial score (nSPS) is 12.7. The van der Waals surface area contributed by atoms with Crippen LogP contribution in [0, 0.1) is 0 Å².